The van der Waals surface area contributed by atoms with Crippen molar-refractivity contribution in [3.05, 3.63) is 29.8 Å². The van der Waals surface area contributed by atoms with Gasteiger partial charge < -0.3 is 20.9 Å². The third-order valence-corrected chi connectivity index (χ3v) is 4.42. The molecular formula is C19H26N4O4. The normalized spacial score (nSPS) is 16.4. The zero-order valence-corrected chi connectivity index (χ0v) is 15.7. The Bertz CT molecular complexity index is 702. The number of carbonyl (C=O) groups excluding carboxylic acids is 4. The number of hydrogen-bond acceptors (Lipinski definition) is 4. The lowest BCUT2D eigenvalue weighted by molar-refractivity contribution is -0.132. The van der Waals surface area contributed by atoms with Gasteiger partial charge in [-0.1, -0.05) is 13.3 Å². The highest BCUT2D eigenvalue weighted by Crippen LogP contribution is 2.17. The SMILES string of the molecule is CCCCC(=O)Nc1ccc(C(=O)N2CCNC(=O)[C@H]2CC(=O)NC)cc1. The van der Waals surface area contributed by atoms with Crippen molar-refractivity contribution >= 4 is 29.3 Å². The summed E-state index contributed by atoms with van der Waals surface area (Å²) >= 11 is 0. The van der Waals surface area contributed by atoms with E-state index in [0.717, 1.165) is 12.8 Å². The van der Waals surface area contributed by atoms with Gasteiger partial charge in [-0.3, -0.25) is 19.2 Å². The fourth-order valence-electron chi connectivity index (χ4n) is 2.86. The molecule has 1 atom stereocenters. The fraction of sp³-hybridized carbons (Fsp3) is 0.474. The third-order valence-electron chi connectivity index (χ3n) is 4.42. The van der Waals surface area contributed by atoms with E-state index >= 15 is 0 Å². The zero-order chi connectivity index (χ0) is 19.8. The van der Waals surface area contributed by atoms with Gasteiger partial charge in [0.25, 0.3) is 5.91 Å². The molecule has 0 aromatic heterocycles. The van der Waals surface area contributed by atoms with Crippen LogP contribution in [0, 0.1) is 0 Å². The quantitative estimate of drug-likeness (QED) is 0.659. The summed E-state index contributed by atoms with van der Waals surface area (Å²) in [4.78, 5) is 49.8. The smallest absolute Gasteiger partial charge is 0.254 e. The highest BCUT2D eigenvalue weighted by Gasteiger charge is 2.34. The van der Waals surface area contributed by atoms with Gasteiger partial charge in [0.1, 0.15) is 6.04 Å². The molecule has 2 rings (SSSR count). The summed E-state index contributed by atoms with van der Waals surface area (Å²) < 4.78 is 0. The highest BCUT2D eigenvalue weighted by atomic mass is 16.2. The Balaban J connectivity index is 2.07. The number of benzene rings is 1. The van der Waals surface area contributed by atoms with Crippen molar-refractivity contribution in [3.8, 4) is 0 Å². The first kappa shape index (κ1) is 20.4. The molecule has 1 aliphatic heterocycles. The molecular weight excluding hydrogens is 348 g/mol. The number of carbonyl (C=O) groups is 4. The van der Waals surface area contributed by atoms with Gasteiger partial charge in [0.2, 0.25) is 17.7 Å². The molecule has 1 saturated heterocycles. The topological polar surface area (TPSA) is 108 Å². The predicted octanol–water partition coefficient (Wildman–Crippen LogP) is 0.892. The number of hydrogen-bond donors (Lipinski definition) is 3. The van der Waals surface area contributed by atoms with Crippen molar-refractivity contribution in [2.75, 3.05) is 25.5 Å². The van der Waals surface area contributed by atoms with E-state index in [4.69, 9.17) is 0 Å². The van der Waals surface area contributed by atoms with Crippen LogP contribution in [-0.4, -0.2) is 54.7 Å². The van der Waals surface area contributed by atoms with Crippen LogP contribution in [0.1, 0.15) is 43.0 Å². The van der Waals surface area contributed by atoms with Gasteiger partial charge in [-0.15, -0.1) is 0 Å². The maximum atomic E-state index is 12.8. The molecule has 1 aromatic carbocycles. The summed E-state index contributed by atoms with van der Waals surface area (Å²) in [5, 5.41) is 7.95. The predicted molar refractivity (Wildman–Crippen MR) is 101 cm³/mol. The van der Waals surface area contributed by atoms with Crippen molar-refractivity contribution in [2.24, 2.45) is 0 Å². The molecule has 1 aliphatic rings. The Hall–Kier alpha value is -2.90. The maximum absolute atomic E-state index is 12.8. The maximum Gasteiger partial charge on any atom is 0.254 e. The number of anilines is 1. The van der Waals surface area contributed by atoms with Crippen LogP contribution >= 0.6 is 0 Å². The number of amides is 4. The number of piperazine rings is 1. The van der Waals surface area contributed by atoms with Crippen LogP contribution in [0.25, 0.3) is 0 Å². The van der Waals surface area contributed by atoms with E-state index in [-0.39, 0.29) is 30.0 Å². The molecule has 1 heterocycles. The first-order chi connectivity index (χ1) is 13.0. The lowest BCUT2D eigenvalue weighted by Gasteiger charge is -2.34. The Morgan fingerprint density at radius 2 is 1.89 bits per heavy atom. The summed E-state index contributed by atoms with van der Waals surface area (Å²) in [5.41, 5.74) is 1.02. The second-order valence-corrected chi connectivity index (χ2v) is 6.41. The summed E-state index contributed by atoms with van der Waals surface area (Å²) in [6.45, 7) is 2.70. The van der Waals surface area contributed by atoms with Crippen LogP contribution in [0.2, 0.25) is 0 Å². The van der Waals surface area contributed by atoms with Crippen LogP contribution in [0.15, 0.2) is 24.3 Å². The molecule has 0 unspecified atom stereocenters. The number of nitrogens with zero attached hydrogens (tertiary/aromatic N) is 1. The average molecular weight is 374 g/mol. The summed E-state index contributed by atoms with van der Waals surface area (Å²) in [5.74, 6) is -1.02. The molecule has 27 heavy (non-hydrogen) atoms. The monoisotopic (exact) mass is 374 g/mol. The molecule has 8 nitrogen and oxygen atoms in total. The molecule has 4 amide bonds. The first-order valence-electron chi connectivity index (χ1n) is 9.15. The standard InChI is InChI=1S/C19H26N4O4/c1-3-4-5-16(24)22-14-8-6-13(7-9-14)19(27)23-11-10-21-18(26)15(23)12-17(25)20-2/h6-9,15H,3-5,10-12H2,1-2H3,(H,20,25)(H,21,26)(H,22,24)/t15-/m1/s1. The van der Waals surface area contributed by atoms with Crippen molar-refractivity contribution < 1.29 is 19.2 Å². The molecule has 3 N–H and O–H groups in total. The van der Waals surface area contributed by atoms with Gasteiger partial charge in [-0.05, 0) is 30.7 Å². The highest BCUT2D eigenvalue weighted by molar-refractivity contribution is 6.00. The Labute approximate surface area is 158 Å². The lowest BCUT2D eigenvalue weighted by Crippen LogP contribution is -2.58. The summed E-state index contributed by atoms with van der Waals surface area (Å²) in [6, 6.07) is 5.71. The Kier molecular flexibility index (Phi) is 7.34. The van der Waals surface area contributed by atoms with E-state index in [1.165, 1.54) is 11.9 Å². The van der Waals surface area contributed by atoms with Gasteiger partial charge in [-0.2, -0.15) is 0 Å². The van der Waals surface area contributed by atoms with E-state index in [1.807, 2.05) is 6.92 Å². The Morgan fingerprint density at radius 3 is 2.52 bits per heavy atom. The fourth-order valence-corrected chi connectivity index (χ4v) is 2.86. The summed E-state index contributed by atoms with van der Waals surface area (Å²) in [7, 11) is 1.49. The Morgan fingerprint density at radius 1 is 1.19 bits per heavy atom. The van der Waals surface area contributed by atoms with Crippen LogP contribution in [0.4, 0.5) is 5.69 Å². The second-order valence-electron chi connectivity index (χ2n) is 6.41. The molecule has 0 aliphatic carbocycles. The second kappa shape index (κ2) is 9.70. The van der Waals surface area contributed by atoms with Gasteiger partial charge >= 0.3 is 0 Å². The van der Waals surface area contributed by atoms with Crippen LogP contribution < -0.4 is 16.0 Å². The number of nitrogens with one attached hydrogen (secondary N) is 3. The van der Waals surface area contributed by atoms with Crippen molar-refractivity contribution in [3.63, 3.8) is 0 Å². The molecule has 8 heteroatoms. The largest absolute Gasteiger partial charge is 0.359 e. The molecule has 0 saturated carbocycles. The minimum absolute atomic E-state index is 0.0609. The van der Waals surface area contributed by atoms with Crippen molar-refractivity contribution in [2.45, 2.75) is 38.6 Å². The van der Waals surface area contributed by atoms with E-state index in [2.05, 4.69) is 16.0 Å². The molecule has 0 radical (unpaired) electrons. The molecule has 0 spiro atoms. The van der Waals surface area contributed by atoms with E-state index in [0.29, 0.717) is 30.8 Å². The summed E-state index contributed by atoms with van der Waals surface area (Å²) in [6.07, 6.45) is 2.15. The number of unbranched alkanes of at least 4 members (excludes halogenated alkanes) is 1. The number of rotatable bonds is 7. The zero-order valence-electron chi connectivity index (χ0n) is 15.7. The molecule has 1 aromatic rings. The first-order valence-corrected chi connectivity index (χ1v) is 9.15. The van der Waals surface area contributed by atoms with Gasteiger partial charge in [0.15, 0.2) is 0 Å². The minimum atomic E-state index is -0.834. The van der Waals surface area contributed by atoms with E-state index < -0.39 is 6.04 Å². The van der Waals surface area contributed by atoms with E-state index in [9.17, 15) is 19.2 Å². The van der Waals surface area contributed by atoms with Crippen molar-refractivity contribution in [1.82, 2.24) is 15.5 Å². The van der Waals surface area contributed by atoms with Crippen molar-refractivity contribution in [1.29, 1.82) is 0 Å². The van der Waals surface area contributed by atoms with E-state index in [1.54, 1.807) is 24.3 Å². The molecule has 0 bridgehead atoms. The lowest BCUT2D eigenvalue weighted by atomic mass is 10.1. The third kappa shape index (κ3) is 5.54. The van der Waals surface area contributed by atoms with Gasteiger partial charge in [0, 0.05) is 37.8 Å². The van der Waals surface area contributed by atoms with Gasteiger partial charge in [0.05, 0.1) is 6.42 Å². The molecule has 1 fully saturated rings. The van der Waals surface area contributed by atoms with Crippen LogP contribution in [-0.2, 0) is 14.4 Å². The minimum Gasteiger partial charge on any atom is -0.359 e. The van der Waals surface area contributed by atoms with Crippen LogP contribution in [0.5, 0.6) is 0 Å². The molecule has 146 valence electrons. The van der Waals surface area contributed by atoms with Gasteiger partial charge in [-0.25, -0.2) is 0 Å². The average Bonchev–Trinajstić information content (AvgIpc) is 2.67. The van der Waals surface area contributed by atoms with Crippen LogP contribution in [0.3, 0.4) is 0 Å².